The first-order valence-corrected chi connectivity index (χ1v) is 5.08. The third kappa shape index (κ3) is 1.94. The summed E-state index contributed by atoms with van der Waals surface area (Å²) in [5.41, 5.74) is 5.81. The van der Waals surface area contributed by atoms with Crippen LogP contribution in [0.1, 0.15) is 0 Å². The fraction of sp³-hybridized carbons (Fsp3) is 0.200. The van der Waals surface area contributed by atoms with E-state index in [-0.39, 0.29) is 12.6 Å². The van der Waals surface area contributed by atoms with Crippen LogP contribution in [0.25, 0.3) is 0 Å². The smallest absolute Gasteiger partial charge is 0.322 e. The number of rotatable bonds is 2. The zero-order valence-electron chi connectivity index (χ0n) is 8.31. The summed E-state index contributed by atoms with van der Waals surface area (Å²) in [5, 5.41) is 3.09. The van der Waals surface area contributed by atoms with Crippen molar-refractivity contribution in [2.45, 2.75) is 6.04 Å². The molecule has 3 amide bonds. The largest absolute Gasteiger partial charge is 0.368 e. The molecule has 0 unspecified atom stereocenters. The van der Waals surface area contributed by atoms with Crippen LogP contribution in [0.15, 0.2) is 24.3 Å². The number of carbonyl (C=O) groups is 2. The minimum Gasteiger partial charge on any atom is -0.368 e. The molecule has 1 aliphatic rings. The first-order valence-electron chi connectivity index (χ1n) is 4.71. The van der Waals surface area contributed by atoms with Gasteiger partial charge in [0.1, 0.15) is 6.04 Å². The third-order valence-corrected chi connectivity index (χ3v) is 2.64. The molecule has 1 aromatic carbocycles. The average Bonchev–Trinajstić information content (AvgIpc) is 2.62. The minimum atomic E-state index is -0.636. The van der Waals surface area contributed by atoms with E-state index in [1.165, 1.54) is 4.90 Å². The van der Waals surface area contributed by atoms with Crippen LogP contribution in [-0.4, -0.2) is 24.5 Å². The normalized spacial score (nSPS) is 19.7. The minimum absolute atomic E-state index is 0.246. The van der Waals surface area contributed by atoms with Gasteiger partial charge in [0.15, 0.2) is 0 Å². The lowest BCUT2D eigenvalue weighted by Crippen LogP contribution is -2.39. The summed E-state index contributed by atoms with van der Waals surface area (Å²) in [6.45, 7) is 0.246. The SMILES string of the molecule is NC(=O)[C@@H]1CN(c2ccc(Cl)cc2)C(=O)N1. The Hall–Kier alpha value is -1.75. The van der Waals surface area contributed by atoms with Crippen LogP contribution in [0.5, 0.6) is 0 Å². The van der Waals surface area contributed by atoms with Crippen molar-refractivity contribution in [1.29, 1.82) is 0 Å². The van der Waals surface area contributed by atoms with Gasteiger partial charge in [-0.25, -0.2) is 4.79 Å². The van der Waals surface area contributed by atoms with Gasteiger partial charge in [-0.2, -0.15) is 0 Å². The number of urea groups is 1. The van der Waals surface area contributed by atoms with Gasteiger partial charge >= 0.3 is 6.03 Å². The maximum Gasteiger partial charge on any atom is 0.322 e. The van der Waals surface area contributed by atoms with E-state index in [0.29, 0.717) is 10.7 Å². The number of anilines is 1. The lowest BCUT2D eigenvalue weighted by molar-refractivity contribution is -0.119. The summed E-state index contributed by atoms with van der Waals surface area (Å²) in [4.78, 5) is 23.9. The van der Waals surface area contributed by atoms with Gasteiger partial charge in [-0.15, -0.1) is 0 Å². The number of hydrogen-bond donors (Lipinski definition) is 2. The molecule has 1 atom stereocenters. The number of carbonyl (C=O) groups excluding carboxylic acids is 2. The maximum atomic E-state index is 11.5. The third-order valence-electron chi connectivity index (χ3n) is 2.39. The first-order chi connectivity index (χ1) is 7.58. The van der Waals surface area contributed by atoms with Crippen LogP contribution < -0.4 is 16.0 Å². The van der Waals surface area contributed by atoms with E-state index >= 15 is 0 Å². The molecule has 3 N–H and O–H groups in total. The van der Waals surface area contributed by atoms with Gasteiger partial charge < -0.3 is 11.1 Å². The Morgan fingerprint density at radius 3 is 2.56 bits per heavy atom. The van der Waals surface area contributed by atoms with Crippen molar-refractivity contribution in [1.82, 2.24) is 5.32 Å². The summed E-state index contributed by atoms with van der Waals surface area (Å²) in [6, 6.07) is 5.83. The molecule has 0 saturated carbocycles. The summed E-state index contributed by atoms with van der Waals surface area (Å²) < 4.78 is 0. The summed E-state index contributed by atoms with van der Waals surface area (Å²) >= 11 is 5.74. The van der Waals surface area contributed by atoms with Crippen molar-refractivity contribution in [3.63, 3.8) is 0 Å². The number of nitrogens with one attached hydrogen (secondary N) is 1. The number of nitrogens with two attached hydrogens (primary N) is 1. The second-order valence-electron chi connectivity index (χ2n) is 3.49. The number of benzene rings is 1. The van der Waals surface area contributed by atoms with Gasteiger partial charge in [-0.05, 0) is 24.3 Å². The zero-order valence-corrected chi connectivity index (χ0v) is 9.07. The predicted octanol–water partition coefficient (Wildman–Crippen LogP) is 0.723. The molecule has 1 aliphatic heterocycles. The van der Waals surface area contributed by atoms with E-state index in [9.17, 15) is 9.59 Å². The first kappa shape index (κ1) is 10.8. The van der Waals surface area contributed by atoms with Gasteiger partial charge in [-0.3, -0.25) is 9.69 Å². The van der Waals surface area contributed by atoms with Gasteiger partial charge in [-0.1, -0.05) is 11.6 Å². The molecule has 0 aliphatic carbocycles. The molecule has 6 heteroatoms. The van der Waals surface area contributed by atoms with Crippen LogP contribution >= 0.6 is 11.6 Å². The Bertz CT molecular complexity index is 432. The average molecular weight is 240 g/mol. The Balaban J connectivity index is 2.20. The quantitative estimate of drug-likeness (QED) is 0.798. The fourth-order valence-electron chi connectivity index (χ4n) is 1.54. The molecule has 0 radical (unpaired) electrons. The van der Waals surface area contributed by atoms with Crippen LogP contribution in [0.2, 0.25) is 5.02 Å². The molecule has 84 valence electrons. The molecule has 16 heavy (non-hydrogen) atoms. The van der Waals surface area contributed by atoms with Gasteiger partial charge in [0.25, 0.3) is 0 Å². The lowest BCUT2D eigenvalue weighted by Gasteiger charge is -2.13. The van der Waals surface area contributed by atoms with Crippen molar-refractivity contribution in [2.24, 2.45) is 5.73 Å². The molecule has 0 spiro atoms. The lowest BCUT2D eigenvalue weighted by atomic mass is 10.2. The molecule has 0 bridgehead atoms. The van der Waals surface area contributed by atoms with Crippen molar-refractivity contribution in [3.05, 3.63) is 29.3 Å². The van der Waals surface area contributed by atoms with Crippen LogP contribution in [-0.2, 0) is 4.79 Å². The van der Waals surface area contributed by atoms with E-state index < -0.39 is 11.9 Å². The topological polar surface area (TPSA) is 75.4 Å². The van der Waals surface area contributed by atoms with Crippen molar-refractivity contribution in [2.75, 3.05) is 11.4 Å². The van der Waals surface area contributed by atoms with Crippen LogP contribution in [0.3, 0.4) is 0 Å². The summed E-state index contributed by atoms with van der Waals surface area (Å²) in [5.74, 6) is -0.537. The Morgan fingerprint density at radius 1 is 1.44 bits per heavy atom. The second-order valence-corrected chi connectivity index (χ2v) is 3.93. The molecule has 2 rings (SSSR count). The van der Waals surface area contributed by atoms with Gasteiger partial charge in [0, 0.05) is 10.7 Å². The fourth-order valence-corrected chi connectivity index (χ4v) is 1.67. The number of hydrogen-bond acceptors (Lipinski definition) is 2. The van der Waals surface area contributed by atoms with Gasteiger partial charge in [0.05, 0.1) is 6.54 Å². The molecule has 5 nitrogen and oxygen atoms in total. The predicted molar refractivity (Wildman–Crippen MR) is 60.3 cm³/mol. The highest BCUT2D eigenvalue weighted by molar-refractivity contribution is 6.30. The summed E-state index contributed by atoms with van der Waals surface area (Å²) in [6.07, 6.45) is 0. The molecule has 0 aromatic heterocycles. The highest BCUT2D eigenvalue weighted by Crippen LogP contribution is 2.20. The van der Waals surface area contributed by atoms with Crippen molar-refractivity contribution < 1.29 is 9.59 Å². The second kappa shape index (κ2) is 4.02. The molecule has 1 heterocycles. The van der Waals surface area contributed by atoms with E-state index in [2.05, 4.69) is 5.32 Å². The highest BCUT2D eigenvalue weighted by Gasteiger charge is 2.32. The Morgan fingerprint density at radius 2 is 2.06 bits per heavy atom. The molecular formula is C10H10ClN3O2. The summed E-state index contributed by atoms with van der Waals surface area (Å²) in [7, 11) is 0. The highest BCUT2D eigenvalue weighted by atomic mass is 35.5. The zero-order chi connectivity index (χ0) is 11.7. The number of halogens is 1. The Labute approximate surface area is 97.2 Å². The molecular weight excluding hydrogens is 230 g/mol. The maximum absolute atomic E-state index is 11.5. The van der Waals surface area contributed by atoms with E-state index in [0.717, 1.165) is 0 Å². The van der Waals surface area contributed by atoms with Crippen molar-refractivity contribution in [3.8, 4) is 0 Å². The number of amides is 3. The van der Waals surface area contributed by atoms with Gasteiger partial charge in [0.2, 0.25) is 5.91 Å². The van der Waals surface area contributed by atoms with E-state index in [4.69, 9.17) is 17.3 Å². The number of primary amides is 1. The molecule has 1 aromatic rings. The standard InChI is InChI=1S/C10H10ClN3O2/c11-6-1-3-7(4-2-6)14-5-8(9(12)15)13-10(14)16/h1-4,8H,5H2,(H2,12,15)(H,13,16)/t8-/m0/s1. The van der Waals surface area contributed by atoms with E-state index in [1.807, 2.05) is 0 Å². The van der Waals surface area contributed by atoms with Crippen molar-refractivity contribution >= 4 is 29.2 Å². The monoisotopic (exact) mass is 239 g/mol. The molecule has 1 fully saturated rings. The van der Waals surface area contributed by atoms with E-state index in [1.54, 1.807) is 24.3 Å². The number of nitrogens with zero attached hydrogens (tertiary/aromatic N) is 1. The van der Waals surface area contributed by atoms with Crippen LogP contribution in [0.4, 0.5) is 10.5 Å². The molecule has 1 saturated heterocycles. The van der Waals surface area contributed by atoms with Crippen LogP contribution in [0, 0.1) is 0 Å². The Kier molecular flexibility index (Phi) is 2.70.